The van der Waals surface area contributed by atoms with Gasteiger partial charge in [-0.25, -0.2) is 0 Å². The third-order valence-corrected chi connectivity index (χ3v) is 5.77. The van der Waals surface area contributed by atoms with Gasteiger partial charge in [-0.1, -0.05) is 24.3 Å². The Kier molecular flexibility index (Phi) is 6.80. The molecule has 0 radical (unpaired) electrons. The van der Waals surface area contributed by atoms with E-state index < -0.39 is 0 Å². The summed E-state index contributed by atoms with van der Waals surface area (Å²) in [5, 5.41) is 9.88. The van der Waals surface area contributed by atoms with Gasteiger partial charge >= 0.3 is 0 Å². The Morgan fingerprint density at radius 3 is 2.89 bits per heavy atom. The van der Waals surface area contributed by atoms with Crippen LogP contribution in [0.4, 0.5) is 0 Å². The van der Waals surface area contributed by atoms with Crippen LogP contribution < -0.4 is 4.74 Å². The number of benzene rings is 2. The average molecular weight is 386 g/mol. The Labute approximate surface area is 165 Å². The van der Waals surface area contributed by atoms with E-state index >= 15 is 0 Å². The average Bonchev–Trinajstić information content (AvgIpc) is 2.70. The molecule has 4 nitrogen and oxygen atoms in total. The van der Waals surface area contributed by atoms with Crippen LogP contribution in [0.5, 0.6) is 11.5 Å². The number of carbonyl (C=O) groups excluding carboxylic acids is 1. The van der Waals surface area contributed by atoms with Gasteiger partial charge in [-0.2, -0.15) is 0 Å². The summed E-state index contributed by atoms with van der Waals surface area (Å²) in [5.74, 6) is 0.982. The van der Waals surface area contributed by atoms with Crippen molar-refractivity contribution in [2.75, 3.05) is 26.0 Å². The minimum absolute atomic E-state index is 0.0375. The molecule has 1 atom stereocenters. The van der Waals surface area contributed by atoms with E-state index in [1.54, 1.807) is 17.8 Å². The summed E-state index contributed by atoms with van der Waals surface area (Å²) < 4.78 is 5.48. The normalized spacial score (nSPS) is 17.6. The Morgan fingerprint density at radius 2 is 2.11 bits per heavy atom. The first-order valence-electron chi connectivity index (χ1n) is 9.46. The first kappa shape index (κ1) is 19.8. The van der Waals surface area contributed by atoms with Crippen LogP contribution >= 0.6 is 11.8 Å². The highest BCUT2D eigenvalue weighted by molar-refractivity contribution is 7.98. The number of nitrogens with zero attached hydrogens (tertiary/aromatic N) is 1. The third-order valence-electron chi connectivity index (χ3n) is 4.98. The quantitative estimate of drug-likeness (QED) is 0.557. The van der Waals surface area contributed by atoms with Gasteiger partial charge in [-0.3, -0.25) is 9.69 Å². The molecule has 2 aromatic rings. The zero-order valence-electron chi connectivity index (χ0n) is 16.0. The Bertz CT molecular complexity index is 793. The number of ketones is 1. The number of ether oxygens (including phenoxy) is 1. The first-order chi connectivity index (χ1) is 13.1. The van der Waals surface area contributed by atoms with E-state index in [9.17, 15) is 9.90 Å². The van der Waals surface area contributed by atoms with Crippen molar-refractivity contribution in [3.05, 3.63) is 53.6 Å². The fraction of sp³-hybridized carbons (Fsp3) is 0.409. The highest BCUT2D eigenvalue weighted by Crippen LogP contribution is 2.30. The van der Waals surface area contributed by atoms with Gasteiger partial charge in [-0.05, 0) is 56.3 Å². The van der Waals surface area contributed by atoms with Gasteiger partial charge in [0.1, 0.15) is 0 Å². The molecular formula is C22H27NO3S. The largest absolute Gasteiger partial charge is 0.504 e. The van der Waals surface area contributed by atoms with Crippen molar-refractivity contribution in [1.29, 1.82) is 0 Å². The molecule has 1 N–H and O–H groups in total. The van der Waals surface area contributed by atoms with Crippen LogP contribution in [-0.4, -0.2) is 41.7 Å². The molecule has 0 amide bonds. The van der Waals surface area contributed by atoms with Crippen molar-refractivity contribution in [3.63, 3.8) is 0 Å². The predicted octanol–water partition coefficient (Wildman–Crippen LogP) is 4.61. The zero-order chi connectivity index (χ0) is 19.2. The number of thioether (sulfide) groups is 1. The van der Waals surface area contributed by atoms with Crippen molar-refractivity contribution in [3.8, 4) is 11.5 Å². The molecule has 0 unspecified atom stereocenters. The van der Waals surface area contributed by atoms with Gasteiger partial charge in [0.05, 0.1) is 6.61 Å². The van der Waals surface area contributed by atoms with E-state index in [0.717, 1.165) is 48.5 Å². The maximum Gasteiger partial charge on any atom is 0.168 e. The van der Waals surface area contributed by atoms with Crippen molar-refractivity contribution < 1.29 is 14.6 Å². The lowest BCUT2D eigenvalue weighted by Crippen LogP contribution is -2.38. The summed E-state index contributed by atoms with van der Waals surface area (Å²) in [5.41, 5.74) is 1.94. The second kappa shape index (κ2) is 9.29. The number of aromatic hydroxyl groups is 1. The highest BCUT2D eigenvalue weighted by atomic mass is 32.2. The molecule has 3 rings (SSSR count). The minimum Gasteiger partial charge on any atom is -0.504 e. The SMILES string of the molecule is CCOc1cc(CN2CCC[C@H](C(=O)c3ccccc3SC)C2)ccc1O. The van der Waals surface area contributed by atoms with Crippen molar-refractivity contribution in [2.45, 2.75) is 31.2 Å². The number of hydrogen-bond acceptors (Lipinski definition) is 5. The number of carbonyl (C=O) groups is 1. The van der Waals surface area contributed by atoms with Crippen LogP contribution in [0.1, 0.15) is 35.7 Å². The molecule has 0 saturated carbocycles. The molecule has 1 fully saturated rings. The second-order valence-electron chi connectivity index (χ2n) is 6.87. The molecule has 0 spiro atoms. The van der Waals surface area contributed by atoms with Crippen LogP contribution in [-0.2, 0) is 6.54 Å². The van der Waals surface area contributed by atoms with Gasteiger partial charge in [0, 0.05) is 29.5 Å². The van der Waals surface area contributed by atoms with E-state index in [1.807, 2.05) is 49.6 Å². The number of phenolic OH excluding ortho intramolecular Hbond substituents is 1. The van der Waals surface area contributed by atoms with Crippen LogP contribution in [0, 0.1) is 5.92 Å². The van der Waals surface area contributed by atoms with E-state index in [2.05, 4.69) is 4.90 Å². The Balaban J connectivity index is 1.69. The maximum absolute atomic E-state index is 13.1. The predicted molar refractivity (Wildman–Crippen MR) is 110 cm³/mol. The van der Waals surface area contributed by atoms with E-state index in [4.69, 9.17) is 4.74 Å². The highest BCUT2D eigenvalue weighted by Gasteiger charge is 2.27. The van der Waals surface area contributed by atoms with E-state index in [-0.39, 0.29) is 17.5 Å². The van der Waals surface area contributed by atoms with Crippen LogP contribution in [0.15, 0.2) is 47.4 Å². The molecule has 27 heavy (non-hydrogen) atoms. The van der Waals surface area contributed by atoms with Crippen LogP contribution in [0.25, 0.3) is 0 Å². The van der Waals surface area contributed by atoms with Gasteiger partial charge in [-0.15, -0.1) is 11.8 Å². The molecule has 0 aromatic heterocycles. The molecule has 144 valence electrons. The third kappa shape index (κ3) is 4.85. The maximum atomic E-state index is 13.1. The topological polar surface area (TPSA) is 49.8 Å². The van der Waals surface area contributed by atoms with Crippen molar-refractivity contribution >= 4 is 17.5 Å². The number of likely N-dealkylation sites (tertiary alicyclic amines) is 1. The van der Waals surface area contributed by atoms with Gasteiger partial charge in [0.2, 0.25) is 0 Å². The van der Waals surface area contributed by atoms with E-state index in [0.29, 0.717) is 12.4 Å². The summed E-state index contributed by atoms with van der Waals surface area (Å²) in [6.45, 7) is 4.94. The molecule has 1 aliphatic rings. The molecule has 1 aliphatic heterocycles. The molecule has 5 heteroatoms. The molecule has 1 saturated heterocycles. The molecule has 0 bridgehead atoms. The fourth-order valence-electron chi connectivity index (χ4n) is 3.67. The first-order valence-corrected chi connectivity index (χ1v) is 10.7. The number of hydrogen-bond donors (Lipinski definition) is 1. The molecule has 0 aliphatic carbocycles. The Morgan fingerprint density at radius 1 is 1.30 bits per heavy atom. The number of phenols is 1. The lowest BCUT2D eigenvalue weighted by atomic mass is 9.89. The molecule has 1 heterocycles. The summed E-state index contributed by atoms with van der Waals surface area (Å²) >= 11 is 1.63. The standard InChI is InChI=1S/C22H27NO3S/c1-3-26-20-13-16(10-11-19(20)24)14-23-12-6-7-17(15-23)22(25)18-8-4-5-9-21(18)27-2/h4-5,8-11,13,17,24H,3,6-7,12,14-15H2,1-2H3/t17-/m0/s1. The number of rotatable bonds is 7. The lowest BCUT2D eigenvalue weighted by Gasteiger charge is -2.32. The van der Waals surface area contributed by atoms with Gasteiger partial charge in [0.15, 0.2) is 17.3 Å². The fourth-order valence-corrected chi connectivity index (χ4v) is 4.27. The summed E-state index contributed by atoms with van der Waals surface area (Å²) in [6, 6.07) is 13.4. The Hall–Kier alpha value is -1.98. The number of Topliss-reactive ketones (excluding diaryl/α,β-unsaturated/α-hetero) is 1. The van der Waals surface area contributed by atoms with Gasteiger partial charge < -0.3 is 9.84 Å². The van der Waals surface area contributed by atoms with E-state index in [1.165, 1.54) is 0 Å². The molecular weight excluding hydrogens is 358 g/mol. The smallest absolute Gasteiger partial charge is 0.168 e. The second-order valence-corrected chi connectivity index (χ2v) is 7.72. The molecule has 2 aromatic carbocycles. The van der Waals surface area contributed by atoms with Crippen molar-refractivity contribution in [2.24, 2.45) is 5.92 Å². The van der Waals surface area contributed by atoms with Crippen molar-refractivity contribution in [1.82, 2.24) is 4.90 Å². The van der Waals surface area contributed by atoms with Crippen LogP contribution in [0.2, 0.25) is 0 Å². The van der Waals surface area contributed by atoms with Gasteiger partial charge in [0.25, 0.3) is 0 Å². The summed E-state index contributed by atoms with van der Waals surface area (Å²) in [4.78, 5) is 16.5. The minimum atomic E-state index is 0.0375. The number of piperidine rings is 1. The monoisotopic (exact) mass is 385 g/mol. The summed E-state index contributed by atoms with van der Waals surface area (Å²) in [7, 11) is 0. The lowest BCUT2D eigenvalue weighted by molar-refractivity contribution is 0.0808. The zero-order valence-corrected chi connectivity index (χ0v) is 16.8. The van der Waals surface area contributed by atoms with Crippen LogP contribution in [0.3, 0.4) is 0 Å². The summed E-state index contributed by atoms with van der Waals surface area (Å²) in [6.07, 6.45) is 3.98.